The third-order valence-electron chi connectivity index (χ3n) is 12.8. The lowest BCUT2D eigenvalue weighted by molar-refractivity contribution is -0.167. The molecule has 0 aliphatic heterocycles. The van der Waals surface area contributed by atoms with E-state index in [4.69, 9.17) is 14.2 Å². The van der Waals surface area contributed by atoms with Crippen LogP contribution in [0.15, 0.2) is 0 Å². The number of carbonyl (C=O) groups is 3. The van der Waals surface area contributed by atoms with Gasteiger partial charge in [0.15, 0.2) is 6.10 Å². The summed E-state index contributed by atoms with van der Waals surface area (Å²) in [5, 5.41) is 0. The molecule has 0 radical (unpaired) electrons. The highest BCUT2D eigenvalue weighted by atomic mass is 16.6. The fourth-order valence-corrected chi connectivity index (χ4v) is 8.31. The van der Waals surface area contributed by atoms with Gasteiger partial charge in [-0.25, -0.2) is 0 Å². The molecule has 6 heteroatoms. The molecule has 61 heavy (non-hydrogen) atoms. The molecular weight excluding hydrogens is 757 g/mol. The van der Waals surface area contributed by atoms with Crippen LogP contribution < -0.4 is 0 Å². The minimum Gasteiger partial charge on any atom is -0.462 e. The first kappa shape index (κ1) is 59.4. The van der Waals surface area contributed by atoms with Crippen LogP contribution in [0.4, 0.5) is 0 Å². The van der Waals surface area contributed by atoms with E-state index in [-0.39, 0.29) is 31.1 Å². The van der Waals surface area contributed by atoms with Crippen molar-refractivity contribution >= 4 is 17.9 Å². The highest BCUT2D eigenvalue weighted by molar-refractivity contribution is 5.71. The molecule has 1 unspecified atom stereocenters. The topological polar surface area (TPSA) is 78.9 Å². The molecule has 0 fully saturated rings. The number of hydrogen-bond donors (Lipinski definition) is 0. The van der Waals surface area contributed by atoms with Gasteiger partial charge < -0.3 is 14.2 Å². The Kier molecular flexibility index (Phi) is 46.6. The van der Waals surface area contributed by atoms with Crippen LogP contribution in [0.5, 0.6) is 0 Å². The first-order valence-corrected chi connectivity index (χ1v) is 27.3. The zero-order valence-electron chi connectivity index (χ0n) is 41.8. The predicted octanol–water partition coefficient (Wildman–Crippen LogP) is 17.7. The second-order valence-electron chi connectivity index (χ2n) is 19.6. The first-order valence-electron chi connectivity index (χ1n) is 27.3. The molecule has 0 saturated carbocycles. The van der Waals surface area contributed by atoms with Gasteiger partial charge in [-0.15, -0.1) is 0 Å². The summed E-state index contributed by atoms with van der Waals surface area (Å²) in [6.07, 6.45) is 49.4. The Hall–Kier alpha value is -1.59. The molecule has 0 N–H and O–H groups in total. The normalized spacial score (nSPS) is 12.5. The SMILES string of the molecule is CCCCCCCCCCCCC(=O)OC[C@@H](COC(=O)CCCCCCCCCCCCC(C)CC)OC(=O)CCCCCCCCCCCCCCCCCCC(C)C. The van der Waals surface area contributed by atoms with E-state index in [1.54, 1.807) is 0 Å². The lowest BCUT2D eigenvalue weighted by Crippen LogP contribution is -2.30. The maximum Gasteiger partial charge on any atom is 0.306 e. The van der Waals surface area contributed by atoms with Crippen molar-refractivity contribution in [1.29, 1.82) is 0 Å². The van der Waals surface area contributed by atoms with Crippen molar-refractivity contribution in [1.82, 2.24) is 0 Å². The minimum absolute atomic E-state index is 0.0634. The molecule has 362 valence electrons. The van der Waals surface area contributed by atoms with E-state index in [0.717, 1.165) is 69.6 Å². The molecule has 0 bridgehead atoms. The van der Waals surface area contributed by atoms with E-state index in [1.165, 1.54) is 193 Å². The van der Waals surface area contributed by atoms with Crippen molar-refractivity contribution in [3.05, 3.63) is 0 Å². The van der Waals surface area contributed by atoms with Gasteiger partial charge in [-0.2, -0.15) is 0 Å². The molecule has 0 aliphatic carbocycles. The maximum atomic E-state index is 12.8. The quantitative estimate of drug-likeness (QED) is 0.0344. The monoisotopic (exact) mass is 863 g/mol. The Balaban J connectivity index is 4.26. The van der Waals surface area contributed by atoms with E-state index in [9.17, 15) is 14.4 Å². The number of carbonyl (C=O) groups excluding carboxylic acids is 3. The Labute approximate surface area is 380 Å². The molecule has 0 rings (SSSR count). The predicted molar refractivity (Wildman–Crippen MR) is 261 cm³/mol. The molecule has 0 aromatic rings. The molecule has 0 saturated heterocycles. The van der Waals surface area contributed by atoms with Crippen LogP contribution in [0.3, 0.4) is 0 Å². The van der Waals surface area contributed by atoms with E-state index in [2.05, 4.69) is 34.6 Å². The summed E-state index contributed by atoms with van der Waals surface area (Å²) < 4.78 is 16.8. The number of rotatable bonds is 49. The molecule has 0 heterocycles. The van der Waals surface area contributed by atoms with Crippen LogP contribution in [-0.4, -0.2) is 37.2 Å². The van der Waals surface area contributed by atoms with E-state index >= 15 is 0 Å². The molecule has 0 amide bonds. The van der Waals surface area contributed by atoms with Gasteiger partial charge in [0.25, 0.3) is 0 Å². The summed E-state index contributed by atoms with van der Waals surface area (Å²) in [4.78, 5) is 38.0. The third kappa shape index (κ3) is 47.7. The average molecular weight is 863 g/mol. The van der Waals surface area contributed by atoms with E-state index < -0.39 is 6.10 Å². The Morgan fingerprint density at radius 2 is 0.623 bits per heavy atom. The van der Waals surface area contributed by atoms with Crippen molar-refractivity contribution in [3.8, 4) is 0 Å². The van der Waals surface area contributed by atoms with Crippen molar-refractivity contribution in [2.45, 2.75) is 310 Å². The van der Waals surface area contributed by atoms with Crippen molar-refractivity contribution < 1.29 is 28.6 Å². The summed E-state index contributed by atoms with van der Waals surface area (Å²) in [5.74, 6) is 0.876. The summed E-state index contributed by atoms with van der Waals surface area (Å²) in [6, 6.07) is 0. The van der Waals surface area contributed by atoms with E-state index in [1.807, 2.05) is 0 Å². The molecule has 0 aliphatic rings. The summed E-state index contributed by atoms with van der Waals surface area (Å²) in [6.45, 7) is 11.4. The zero-order valence-corrected chi connectivity index (χ0v) is 41.8. The summed E-state index contributed by atoms with van der Waals surface area (Å²) in [7, 11) is 0. The second-order valence-corrected chi connectivity index (χ2v) is 19.6. The Morgan fingerprint density at radius 1 is 0.344 bits per heavy atom. The van der Waals surface area contributed by atoms with Crippen LogP contribution in [-0.2, 0) is 28.6 Å². The van der Waals surface area contributed by atoms with Crippen LogP contribution in [0.25, 0.3) is 0 Å². The fourth-order valence-electron chi connectivity index (χ4n) is 8.31. The number of ether oxygens (including phenoxy) is 3. The van der Waals surface area contributed by atoms with Gasteiger partial charge in [0.1, 0.15) is 13.2 Å². The van der Waals surface area contributed by atoms with Gasteiger partial charge in [-0.3, -0.25) is 14.4 Å². The molecule has 6 nitrogen and oxygen atoms in total. The van der Waals surface area contributed by atoms with Gasteiger partial charge >= 0.3 is 17.9 Å². The summed E-state index contributed by atoms with van der Waals surface area (Å²) in [5.41, 5.74) is 0. The van der Waals surface area contributed by atoms with Crippen molar-refractivity contribution in [2.75, 3.05) is 13.2 Å². The maximum absolute atomic E-state index is 12.8. The smallest absolute Gasteiger partial charge is 0.306 e. The highest BCUT2D eigenvalue weighted by Gasteiger charge is 2.19. The summed E-state index contributed by atoms with van der Waals surface area (Å²) >= 11 is 0. The zero-order chi connectivity index (χ0) is 44.7. The lowest BCUT2D eigenvalue weighted by Gasteiger charge is -2.18. The molecular formula is C55H106O6. The van der Waals surface area contributed by atoms with Crippen LogP contribution in [0.1, 0.15) is 304 Å². The second kappa shape index (κ2) is 47.9. The van der Waals surface area contributed by atoms with Crippen LogP contribution in [0, 0.1) is 11.8 Å². The first-order chi connectivity index (χ1) is 29.8. The number of esters is 3. The Morgan fingerprint density at radius 3 is 0.934 bits per heavy atom. The number of unbranched alkanes of at least 4 members (excludes halogenated alkanes) is 33. The van der Waals surface area contributed by atoms with Gasteiger partial charge in [0.05, 0.1) is 0 Å². The number of hydrogen-bond acceptors (Lipinski definition) is 6. The molecule has 0 spiro atoms. The minimum atomic E-state index is -0.761. The van der Waals surface area contributed by atoms with Crippen LogP contribution >= 0.6 is 0 Å². The van der Waals surface area contributed by atoms with Crippen LogP contribution in [0.2, 0.25) is 0 Å². The molecule has 0 aromatic carbocycles. The van der Waals surface area contributed by atoms with Gasteiger partial charge in [0.2, 0.25) is 0 Å². The Bertz CT molecular complexity index is 933. The average Bonchev–Trinajstić information content (AvgIpc) is 3.24. The van der Waals surface area contributed by atoms with Crippen molar-refractivity contribution in [3.63, 3.8) is 0 Å². The standard InChI is InChI=1S/C55H106O6/c1-6-8-9-10-11-12-25-30-35-40-45-53(56)59-48-52(49-60-54(57)46-41-36-31-26-22-21-24-29-34-39-44-51(5)7-2)61-55(58)47-42-37-32-27-20-18-16-14-13-15-17-19-23-28-33-38-43-50(3)4/h50-52H,6-49H2,1-5H3/t51?,52-/m0/s1. The van der Waals surface area contributed by atoms with E-state index in [0.29, 0.717) is 19.3 Å². The van der Waals surface area contributed by atoms with Gasteiger partial charge in [-0.05, 0) is 31.1 Å². The van der Waals surface area contributed by atoms with Gasteiger partial charge in [0, 0.05) is 19.3 Å². The van der Waals surface area contributed by atoms with Crippen molar-refractivity contribution in [2.24, 2.45) is 11.8 Å². The fraction of sp³-hybridized carbons (Fsp3) is 0.945. The highest BCUT2D eigenvalue weighted by Crippen LogP contribution is 2.18. The third-order valence-corrected chi connectivity index (χ3v) is 12.8. The van der Waals surface area contributed by atoms with Gasteiger partial charge in [-0.1, -0.05) is 266 Å². The molecule has 2 atom stereocenters. The molecule has 0 aromatic heterocycles. The lowest BCUT2D eigenvalue weighted by atomic mass is 9.99. The largest absolute Gasteiger partial charge is 0.462 e.